The first kappa shape index (κ1) is 27.9. The second-order valence-electron chi connectivity index (χ2n) is 8.17. The van der Waals surface area contributed by atoms with Crippen LogP contribution in [-0.4, -0.2) is 92.6 Å². The lowest BCUT2D eigenvalue weighted by molar-refractivity contribution is -0.145. The normalized spacial score (nSPS) is 17.8. The standard InChI is InChI=1S/C20H33N9O5S/c21-12(9-35)16(30)28-14(7-11-8-24-10-26-11)18(32)29-6-2-4-15(29)17(31)27-13(19(33)34)3-1-5-25-20(22)23/h8,10,12-15,35H,1-7,9,21H2,(H,24,26)(H,27,31)(H,28,30)(H,33,34)(H4,22,23,25). The molecule has 0 radical (unpaired) electrons. The van der Waals surface area contributed by atoms with Gasteiger partial charge >= 0.3 is 5.97 Å². The molecule has 4 unspecified atom stereocenters. The Bertz CT molecular complexity index is 907. The van der Waals surface area contributed by atoms with Gasteiger partial charge in [0.1, 0.15) is 18.1 Å². The largest absolute Gasteiger partial charge is 0.480 e. The van der Waals surface area contributed by atoms with Crippen LogP contribution in [-0.2, 0) is 25.6 Å². The van der Waals surface area contributed by atoms with Crippen molar-refractivity contribution < 1.29 is 24.3 Å². The van der Waals surface area contributed by atoms with Crippen LogP contribution in [0.5, 0.6) is 0 Å². The zero-order valence-electron chi connectivity index (χ0n) is 19.2. The third-order valence-electron chi connectivity index (χ3n) is 5.53. The van der Waals surface area contributed by atoms with E-state index in [1.807, 2.05) is 0 Å². The third kappa shape index (κ3) is 8.43. The van der Waals surface area contributed by atoms with E-state index in [1.165, 1.54) is 17.4 Å². The Morgan fingerprint density at radius 2 is 2.03 bits per heavy atom. The van der Waals surface area contributed by atoms with Gasteiger partial charge in [-0.05, 0) is 25.7 Å². The molecule has 1 fully saturated rings. The van der Waals surface area contributed by atoms with Crippen molar-refractivity contribution in [1.29, 1.82) is 0 Å². The average molecular weight is 512 g/mol. The summed E-state index contributed by atoms with van der Waals surface area (Å²) in [4.78, 5) is 62.4. The van der Waals surface area contributed by atoms with Crippen molar-refractivity contribution in [3.63, 3.8) is 0 Å². The number of carboxylic acid groups (broad SMARTS) is 1. The van der Waals surface area contributed by atoms with Crippen LogP contribution < -0.4 is 27.8 Å². The number of rotatable bonds is 13. The lowest BCUT2D eigenvalue weighted by Gasteiger charge is -2.29. The molecule has 1 aromatic rings. The van der Waals surface area contributed by atoms with Gasteiger partial charge in [0.15, 0.2) is 5.96 Å². The van der Waals surface area contributed by atoms with Crippen LogP contribution in [0.15, 0.2) is 17.5 Å². The molecule has 35 heavy (non-hydrogen) atoms. The fourth-order valence-electron chi connectivity index (χ4n) is 3.71. The summed E-state index contributed by atoms with van der Waals surface area (Å²) in [5, 5.41) is 14.6. The molecule has 194 valence electrons. The highest BCUT2D eigenvalue weighted by Gasteiger charge is 2.39. The molecule has 0 spiro atoms. The topological polar surface area (TPSA) is 235 Å². The van der Waals surface area contributed by atoms with Crippen molar-refractivity contribution in [1.82, 2.24) is 25.5 Å². The second-order valence-corrected chi connectivity index (χ2v) is 8.53. The Morgan fingerprint density at radius 1 is 1.29 bits per heavy atom. The van der Waals surface area contributed by atoms with Crippen molar-refractivity contribution >= 4 is 42.3 Å². The van der Waals surface area contributed by atoms with E-state index in [9.17, 15) is 24.3 Å². The van der Waals surface area contributed by atoms with Gasteiger partial charge in [0.25, 0.3) is 0 Å². The number of nitrogens with two attached hydrogens (primary N) is 3. The van der Waals surface area contributed by atoms with Crippen molar-refractivity contribution in [2.75, 3.05) is 18.8 Å². The van der Waals surface area contributed by atoms with Crippen LogP contribution in [0.2, 0.25) is 0 Å². The number of nitrogens with zero attached hydrogens (tertiary/aromatic N) is 3. The summed E-state index contributed by atoms with van der Waals surface area (Å²) < 4.78 is 0. The molecule has 1 aliphatic rings. The number of hydrogen-bond acceptors (Lipinski definition) is 8. The van der Waals surface area contributed by atoms with Gasteiger partial charge in [-0.2, -0.15) is 12.6 Å². The molecule has 0 bridgehead atoms. The summed E-state index contributed by atoms with van der Waals surface area (Å²) >= 11 is 4.02. The molecule has 1 aromatic heterocycles. The summed E-state index contributed by atoms with van der Waals surface area (Å²) in [5.74, 6) is -2.83. The zero-order valence-corrected chi connectivity index (χ0v) is 20.1. The van der Waals surface area contributed by atoms with E-state index in [0.717, 1.165) is 0 Å². The molecule has 3 amide bonds. The van der Waals surface area contributed by atoms with Gasteiger partial charge in [0, 0.05) is 37.2 Å². The Kier molecular flexibility index (Phi) is 10.8. The number of aliphatic carboxylic acids is 1. The summed E-state index contributed by atoms with van der Waals surface area (Å²) in [6.07, 6.45) is 4.44. The summed E-state index contributed by atoms with van der Waals surface area (Å²) in [6.45, 7) is 0.506. The fraction of sp³-hybridized carbons (Fsp3) is 0.600. The number of aromatic amines is 1. The number of imidazole rings is 1. The Balaban J connectivity index is 2.10. The van der Waals surface area contributed by atoms with Gasteiger partial charge in [0.05, 0.1) is 12.4 Å². The van der Waals surface area contributed by atoms with Crippen LogP contribution in [0.4, 0.5) is 0 Å². The molecule has 0 aromatic carbocycles. The van der Waals surface area contributed by atoms with Crippen molar-refractivity contribution in [2.24, 2.45) is 22.2 Å². The molecule has 14 nitrogen and oxygen atoms in total. The predicted molar refractivity (Wildman–Crippen MR) is 130 cm³/mol. The van der Waals surface area contributed by atoms with E-state index in [0.29, 0.717) is 25.0 Å². The number of carbonyl (C=O) groups excluding carboxylic acids is 3. The molecule has 0 aliphatic carbocycles. The number of guanidine groups is 1. The highest BCUT2D eigenvalue weighted by molar-refractivity contribution is 7.80. The Hall–Kier alpha value is -3.33. The molecule has 15 heteroatoms. The quantitative estimate of drug-likeness (QED) is 0.0594. The van der Waals surface area contributed by atoms with Gasteiger partial charge in [0.2, 0.25) is 17.7 Å². The molecular formula is C20H33N9O5S. The molecule has 1 saturated heterocycles. The second kappa shape index (κ2) is 13.5. The Morgan fingerprint density at radius 3 is 2.63 bits per heavy atom. The lowest BCUT2D eigenvalue weighted by atomic mass is 10.1. The van der Waals surface area contributed by atoms with Crippen LogP contribution in [0, 0.1) is 0 Å². The number of carbonyl (C=O) groups is 4. The maximum absolute atomic E-state index is 13.4. The van der Waals surface area contributed by atoms with Crippen LogP contribution in [0.1, 0.15) is 31.4 Å². The van der Waals surface area contributed by atoms with Crippen molar-refractivity contribution in [3.05, 3.63) is 18.2 Å². The van der Waals surface area contributed by atoms with E-state index < -0.39 is 47.9 Å². The number of thiol groups is 1. The van der Waals surface area contributed by atoms with Crippen molar-refractivity contribution in [2.45, 2.75) is 56.3 Å². The van der Waals surface area contributed by atoms with Gasteiger partial charge in [-0.25, -0.2) is 9.78 Å². The number of aromatic nitrogens is 2. The molecule has 0 saturated carbocycles. The number of nitrogens with one attached hydrogen (secondary N) is 3. The summed E-state index contributed by atoms with van der Waals surface area (Å²) in [7, 11) is 0. The zero-order chi connectivity index (χ0) is 26.0. The molecule has 10 N–H and O–H groups in total. The monoisotopic (exact) mass is 511 g/mol. The van der Waals surface area contributed by atoms with Gasteiger partial charge in [-0.3, -0.25) is 19.4 Å². The van der Waals surface area contributed by atoms with Gasteiger partial charge < -0.3 is 42.8 Å². The molecular weight excluding hydrogens is 478 g/mol. The third-order valence-corrected chi connectivity index (χ3v) is 5.92. The number of hydrogen-bond donors (Lipinski definition) is 8. The minimum Gasteiger partial charge on any atom is -0.480 e. The fourth-order valence-corrected chi connectivity index (χ4v) is 3.88. The summed E-state index contributed by atoms with van der Waals surface area (Å²) in [5.41, 5.74) is 16.9. The van der Waals surface area contributed by atoms with E-state index in [4.69, 9.17) is 17.2 Å². The highest BCUT2D eigenvalue weighted by Crippen LogP contribution is 2.20. The molecule has 1 aliphatic heterocycles. The first-order valence-corrected chi connectivity index (χ1v) is 11.8. The highest BCUT2D eigenvalue weighted by atomic mass is 32.1. The average Bonchev–Trinajstić information content (AvgIpc) is 3.51. The predicted octanol–water partition coefficient (Wildman–Crippen LogP) is -2.69. The van der Waals surface area contributed by atoms with Crippen LogP contribution in [0.25, 0.3) is 0 Å². The first-order chi connectivity index (χ1) is 16.6. The van der Waals surface area contributed by atoms with E-state index in [-0.39, 0.29) is 37.6 Å². The Labute approximate surface area is 207 Å². The van der Waals surface area contributed by atoms with Crippen LogP contribution >= 0.6 is 12.6 Å². The lowest BCUT2D eigenvalue weighted by Crippen LogP contribution is -2.57. The number of amides is 3. The maximum Gasteiger partial charge on any atom is 0.326 e. The van der Waals surface area contributed by atoms with E-state index in [2.05, 4.69) is 38.2 Å². The van der Waals surface area contributed by atoms with Crippen LogP contribution in [0.3, 0.4) is 0 Å². The smallest absolute Gasteiger partial charge is 0.326 e. The van der Waals surface area contributed by atoms with E-state index in [1.54, 1.807) is 0 Å². The van der Waals surface area contributed by atoms with Gasteiger partial charge in [-0.1, -0.05) is 0 Å². The first-order valence-electron chi connectivity index (χ1n) is 11.2. The number of likely N-dealkylation sites (tertiary alicyclic amines) is 1. The van der Waals surface area contributed by atoms with Gasteiger partial charge in [-0.15, -0.1) is 0 Å². The minimum absolute atomic E-state index is 0.0886. The number of H-pyrrole nitrogens is 1. The molecule has 2 rings (SSSR count). The minimum atomic E-state index is -1.20. The SMILES string of the molecule is NC(N)=NCCCC(NC(=O)C1CCCN1C(=O)C(Cc1cnc[nH]1)NC(=O)C(N)CS)C(=O)O. The maximum atomic E-state index is 13.4. The number of carboxylic acids is 1. The van der Waals surface area contributed by atoms with Crippen molar-refractivity contribution in [3.8, 4) is 0 Å². The van der Waals surface area contributed by atoms with E-state index >= 15 is 0 Å². The summed E-state index contributed by atoms with van der Waals surface area (Å²) in [6, 6.07) is -3.95. The number of aliphatic imine (C=N–C) groups is 1. The molecule has 4 atom stereocenters. The molecule has 2 heterocycles.